The van der Waals surface area contributed by atoms with Gasteiger partial charge in [-0.1, -0.05) is 18.1 Å². The molecule has 2 amide bonds. The molecule has 0 unspecified atom stereocenters. The van der Waals surface area contributed by atoms with Crippen LogP contribution in [0.4, 0.5) is 10.1 Å². The van der Waals surface area contributed by atoms with Crippen molar-refractivity contribution < 1.29 is 22.4 Å². The number of rotatable bonds is 7. The first-order valence-electron chi connectivity index (χ1n) is 8.10. The van der Waals surface area contributed by atoms with Gasteiger partial charge in [0.15, 0.2) is 0 Å². The fourth-order valence-electron chi connectivity index (χ4n) is 2.15. The fraction of sp³-hybridized carbons (Fsp3) is 0.158. The number of amides is 2. The summed E-state index contributed by atoms with van der Waals surface area (Å²) in [6.45, 7) is 1.29. The quantitative estimate of drug-likeness (QED) is 0.608. The molecule has 0 saturated carbocycles. The Morgan fingerprint density at radius 2 is 1.89 bits per heavy atom. The van der Waals surface area contributed by atoms with Crippen molar-refractivity contribution in [2.45, 2.75) is 11.8 Å². The van der Waals surface area contributed by atoms with Gasteiger partial charge in [0.1, 0.15) is 5.82 Å². The van der Waals surface area contributed by atoms with E-state index in [-0.39, 0.29) is 29.2 Å². The third kappa shape index (κ3) is 5.56. The minimum atomic E-state index is -4.04. The number of halogens is 1. The molecule has 9 heteroatoms. The smallest absolute Gasteiger partial charge is 0.261 e. The summed E-state index contributed by atoms with van der Waals surface area (Å²) in [4.78, 5) is 23.4. The van der Waals surface area contributed by atoms with Crippen molar-refractivity contribution in [3.05, 3.63) is 59.4 Å². The Bertz CT molecular complexity index is 1050. The molecule has 0 aliphatic heterocycles. The SMILES string of the molecule is C#CCNC(=O)CNC(=O)c1cccc(NS(=O)(=O)c2ccc(C)c(F)c2)c1. The third-order valence-corrected chi connectivity index (χ3v) is 5.01. The average molecular weight is 403 g/mol. The molecule has 0 aliphatic rings. The van der Waals surface area contributed by atoms with Crippen LogP contribution in [0.5, 0.6) is 0 Å². The van der Waals surface area contributed by atoms with Gasteiger partial charge in [-0.15, -0.1) is 6.42 Å². The predicted molar refractivity (Wildman–Crippen MR) is 103 cm³/mol. The molecule has 0 fully saturated rings. The van der Waals surface area contributed by atoms with Gasteiger partial charge in [0, 0.05) is 11.3 Å². The third-order valence-electron chi connectivity index (χ3n) is 3.63. The molecule has 146 valence electrons. The van der Waals surface area contributed by atoms with Crippen molar-refractivity contribution >= 4 is 27.5 Å². The van der Waals surface area contributed by atoms with Crippen LogP contribution in [-0.2, 0) is 14.8 Å². The van der Waals surface area contributed by atoms with Crippen molar-refractivity contribution in [3.63, 3.8) is 0 Å². The molecule has 0 heterocycles. The molecular formula is C19H18FN3O4S. The molecule has 0 radical (unpaired) electrons. The minimum Gasteiger partial charge on any atom is -0.344 e. The van der Waals surface area contributed by atoms with Crippen molar-refractivity contribution in [2.24, 2.45) is 0 Å². The largest absolute Gasteiger partial charge is 0.344 e. The molecular weight excluding hydrogens is 385 g/mol. The normalized spacial score (nSPS) is 10.6. The van der Waals surface area contributed by atoms with Crippen LogP contribution >= 0.6 is 0 Å². The maximum atomic E-state index is 13.7. The van der Waals surface area contributed by atoms with Crippen LogP contribution < -0.4 is 15.4 Å². The average Bonchev–Trinajstić information content (AvgIpc) is 2.66. The van der Waals surface area contributed by atoms with Gasteiger partial charge in [0.2, 0.25) is 5.91 Å². The van der Waals surface area contributed by atoms with Crippen LogP contribution in [0.1, 0.15) is 15.9 Å². The second kappa shape index (κ2) is 9.01. The maximum Gasteiger partial charge on any atom is 0.261 e. The second-order valence-corrected chi connectivity index (χ2v) is 7.44. The summed E-state index contributed by atoms with van der Waals surface area (Å²) in [5, 5.41) is 4.79. The number of carbonyl (C=O) groups excluding carboxylic acids is 2. The van der Waals surface area contributed by atoms with Crippen molar-refractivity contribution in [2.75, 3.05) is 17.8 Å². The van der Waals surface area contributed by atoms with Crippen LogP contribution in [-0.4, -0.2) is 33.3 Å². The highest BCUT2D eigenvalue weighted by atomic mass is 32.2. The molecule has 0 saturated heterocycles. The lowest BCUT2D eigenvalue weighted by molar-refractivity contribution is -0.119. The Morgan fingerprint density at radius 1 is 1.14 bits per heavy atom. The van der Waals surface area contributed by atoms with Gasteiger partial charge in [-0.3, -0.25) is 14.3 Å². The van der Waals surface area contributed by atoms with Crippen LogP contribution in [0.3, 0.4) is 0 Å². The van der Waals surface area contributed by atoms with Gasteiger partial charge >= 0.3 is 0 Å². The van der Waals surface area contributed by atoms with Gasteiger partial charge in [0.05, 0.1) is 18.0 Å². The van der Waals surface area contributed by atoms with Crippen molar-refractivity contribution in [1.29, 1.82) is 0 Å². The Morgan fingerprint density at radius 3 is 2.57 bits per heavy atom. The van der Waals surface area contributed by atoms with Gasteiger partial charge in [-0.2, -0.15) is 0 Å². The first-order chi connectivity index (χ1) is 13.2. The summed E-state index contributed by atoms with van der Waals surface area (Å²) in [6, 6.07) is 9.24. The maximum absolute atomic E-state index is 13.7. The fourth-order valence-corrected chi connectivity index (χ4v) is 3.21. The summed E-state index contributed by atoms with van der Waals surface area (Å²) in [7, 11) is -4.04. The zero-order chi connectivity index (χ0) is 20.7. The molecule has 0 aromatic heterocycles. The highest BCUT2D eigenvalue weighted by molar-refractivity contribution is 7.92. The monoisotopic (exact) mass is 403 g/mol. The highest BCUT2D eigenvalue weighted by Crippen LogP contribution is 2.19. The van der Waals surface area contributed by atoms with Crippen molar-refractivity contribution in [1.82, 2.24) is 10.6 Å². The van der Waals surface area contributed by atoms with E-state index in [1.165, 1.54) is 43.3 Å². The summed E-state index contributed by atoms with van der Waals surface area (Å²) in [5.41, 5.74) is 0.578. The topological polar surface area (TPSA) is 104 Å². The molecule has 28 heavy (non-hydrogen) atoms. The first kappa shape index (κ1) is 20.9. The number of aryl methyl sites for hydroxylation is 1. The Labute approximate surface area is 162 Å². The van der Waals surface area contributed by atoms with Gasteiger partial charge in [-0.05, 0) is 42.8 Å². The van der Waals surface area contributed by atoms with E-state index in [2.05, 4.69) is 21.3 Å². The number of carbonyl (C=O) groups is 2. The molecule has 0 aliphatic carbocycles. The number of nitrogens with one attached hydrogen (secondary N) is 3. The van der Waals surface area contributed by atoms with E-state index in [9.17, 15) is 22.4 Å². The number of benzene rings is 2. The van der Waals surface area contributed by atoms with Gasteiger partial charge in [0.25, 0.3) is 15.9 Å². The van der Waals surface area contributed by atoms with E-state index in [0.717, 1.165) is 6.07 Å². The second-order valence-electron chi connectivity index (χ2n) is 5.76. The molecule has 2 aromatic carbocycles. The van der Waals surface area contributed by atoms with Gasteiger partial charge < -0.3 is 10.6 Å². The van der Waals surface area contributed by atoms with Crippen LogP contribution in [0.15, 0.2) is 47.4 Å². The lowest BCUT2D eigenvalue weighted by atomic mass is 10.2. The van der Waals surface area contributed by atoms with Crippen molar-refractivity contribution in [3.8, 4) is 12.3 Å². The zero-order valence-corrected chi connectivity index (χ0v) is 15.8. The Kier molecular flexibility index (Phi) is 6.74. The predicted octanol–water partition coefficient (Wildman–Crippen LogP) is 1.41. The Balaban J connectivity index is 2.10. The number of sulfonamides is 1. The standard InChI is InChI=1S/C19H18FN3O4S/c1-3-9-21-18(24)12-22-19(25)14-5-4-6-15(10-14)23-28(26,27)16-8-7-13(2)17(20)11-16/h1,4-8,10-11,23H,9,12H2,2H3,(H,21,24)(H,22,25). The van der Waals surface area contributed by atoms with E-state index in [1.54, 1.807) is 0 Å². The summed E-state index contributed by atoms with van der Waals surface area (Å²) in [6.07, 6.45) is 5.02. The molecule has 2 rings (SSSR count). The molecule has 3 N–H and O–H groups in total. The summed E-state index contributed by atoms with van der Waals surface area (Å²) in [5.74, 6) is 0.569. The number of hydrogen-bond donors (Lipinski definition) is 3. The molecule has 2 aromatic rings. The van der Waals surface area contributed by atoms with E-state index in [0.29, 0.717) is 5.56 Å². The zero-order valence-electron chi connectivity index (χ0n) is 15.0. The highest BCUT2D eigenvalue weighted by Gasteiger charge is 2.17. The lowest BCUT2D eigenvalue weighted by Gasteiger charge is -2.10. The van der Waals surface area contributed by atoms with Crippen LogP contribution in [0.2, 0.25) is 0 Å². The van der Waals surface area contributed by atoms with Crippen LogP contribution in [0.25, 0.3) is 0 Å². The number of anilines is 1. The first-order valence-corrected chi connectivity index (χ1v) is 9.58. The number of terminal acetylenes is 1. The molecule has 7 nitrogen and oxygen atoms in total. The summed E-state index contributed by atoms with van der Waals surface area (Å²) >= 11 is 0. The lowest BCUT2D eigenvalue weighted by Crippen LogP contribution is -2.37. The molecule has 0 bridgehead atoms. The Hall–Kier alpha value is -3.38. The van der Waals surface area contributed by atoms with E-state index < -0.39 is 27.7 Å². The van der Waals surface area contributed by atoms with E-state index in [1.807, 2.05) is 0 Å². The minimum absolute atomic E-state index is 0.0472. The van der Waals surface area contributed by atoms with E-state index in [4.69, 9.17) is 6.42 Å². The number of hydrogen-bond acceptors (Lipinski definition) is 4. The van der Waals surface area contributed by atoms with Crippen LogP contribution in [0, 0.1) is 25.1 Å². The molecule has 0 spiro atoms. The molecule has 0 atom stereocenters. The summed E-state index contributed by atoms with van der Waals surface area (Å²) < 4.78 is 40.8. The van der Waals surface area contributed by atoms with E-state index >= 15 is 0 Å². The van der Waals surface area contributed by atoms with Gasteiger partial charge in [-0.25, -0.2) is 12.8 Å².